The molecule has 70 valence electrons. The fourth-order valence-electron chi connectivity index (χ4n) is 1.08. The van der Waals surface area contributed by atoms with Crippen LogP contribution in [0.3, 0.4) is 0 Å². The topological polar surface area (TPSA) is 46.5 Å². The normalized spacial score (nSPS) is 9.69. The minimum absolute atomic E-state index is 0.00454. The first-order chi connectivity index (χ1) is 6.15. The van der Waals surface area contributed by atoms with Crippen LogP contribution in [0.2, 0.25) is 0 Å². The summed E-state index contributed by atoms with van der Waals surface area (Å²) in [5, 5.41) is 8.50. The maximum Gasteiger partial charge on any atom is 0.307 e. The third kappa shape index (κ3) is 2.18. The van der Waals surface area contributed by atoms with Gasteiger partial charge in [-0.05, 0) is 6.07 Å². The standard InChI is InChI=1S/C9H9FO3/c1-13-9-6(5-8(11)12)3-2-4-7(9)10/h2-4H,5H2,1H3,(H,11,12). The zero-order valence-electron chi connectivity index (χ0n) is 7.08. The molecule has 0 heterocycles. The molecule has 0 fully saturated rings. The lowest BCUT2D eigenvalue weighted by atomic mass is 10.1. The van der Waals surface area contributed by atoms with E-state index in [-0.39, 0.29) is 12.2 Å². The SMILES string of the molecule is COc1c(F)cccc1CC(=O)O. The maximum atomic E-state index is 13.0. The molecule has 0 saturated heterocycles. The van der Waals surface area contributed by atoms with E-state index in [1.165, 1.54) is 25.3 Å². The van der Waals surface area contributed by atoms with Crippen LogP contribution < -0.4 is 4.74 Å². The third-order valence-electron chi connectivity index (χ3n) is 1.59. The molecular weight excluding hydrogens is 175 g/mol. The molecule has 1 aromatic rings. The van der Waals surface area contributed by atoms with Crippen molar-refractivity contribution in [2.24, 2.45) is 0 Å². The van der Waals surface area contributed by atoms with Gasteiger partial charge >= 0.3 is 5.97 Å². The number of carboxylic acid groups (broad SMARTS) is 1. The maximum absolute atomic E-state index is 13.0. The average molecular weight is 184 g/mol. The van der Waals surface area contributed by atoms with Gasteiger partial charge in [-0.3, -0.25) is 4.79 Å². The summed E-state index contributed by atoms with van der Waals surface area (Å²) in [4.78, 5) is 10.4. The number of aliphatic carboxylic acids is 1. The molecule has 0 radical (unpaired) electrons. The van der Waals surface area contributed by atoms with Crippen molar-refractivity contribution in [1.82, 2.24) is 0 Å². The lowest BCUT2D eigenvalue weighted by molar-refractivity contribution is -0.136. The molecule has 0 amide bonds. The number of benzene rings is 1. The van der Waals surface area contributed by atoms with E-state index >= 15 is 0 Å². The lowest BCUT2D eigenvalue weighted by Crippen LogP contribution is -2.03. The molecule has 1 N–H and O–H groups in total. The van der Waals surface area contributed by atoms with Gasteiger partial charge in [0.05, 0.1) is 13.5 Å². The van der Waals surface area contributed by atoms with Crippen molar-refractivity contribution in [3.05, 3.63) is 29.6 Å². The molecule has 13 heavy (non-hydrogen) atoms. The van der Waals surface area contributed by atoms with Crippen LogP contribution in [0.25, 0.3) is 0 Å². The Morgan fingerprint density at radius 2 is 2.31 bits per heavy atom. The van der Waals surface area contributed by atoms with Gasteiger partial charge in [0, 0.05) is 5.56 Å². The first-order valence-corrected chi connectivity index (χ1v) is 3.68. The van der Waals surface area contributed by atoms with Crippen molar-refractivity contribution in [1.29, 1.82) is 0 Å². The predicted molar refractivity (Wildman–Crippen MR) is 44.3 cm³/mol. The third-order valence-corrected chi connectivity index (χ3v) is 1.59. The van der Waals surface area contributed by atoms with Gasteiger partial charge in [0.25, 0.3) is 0 Å². The molecule has 0 aliphatic heterocycles. The van der Waals surface area contributed by atoms with Crippen molar-refractivity contribution in [3.8, 4) is 5.75 Å². The summed E-state index contributed by atoms with van der Waals surface area (Å²) in [5.41, 5.74) is 0.343. The Balaban J connectivity index is 3.05. The van der Waals surface area contributed by atoms with Crippen LogP contribution in [0.1, 0.15) is 5.56 Å². The Morgan fingerprint density at radius 1 is 1.62 bits per heavy atom. The molecule has 0 spiro atoms. The minimum atomic E-state index is -1.01. The fraction of sp³-hybridized carbons (Fsp3) is 0.222. The molecule has 1 aromatic carbocycles. The number of para-hydroxylation sites is 1. The molecule has 0 bridgehead atoms. The second-order valence-corrected chi connectivity index (χ2v) is 2.50. The molecule has 4 heteroatoms. The van der Waals surface area contributed by atoms with Crippen LogP contribution in [0, 0.1) is 5.82 Å². The molecule has 0 aliphatic rings. The summed E-state index contributed by atoms with van der Waals surface area (Å²) in [6.45, 7) is 0. The van der Waals surface area contributed by atoms with Gasteiger partial charge in [-0.15, -0.1) is 0 Å². The number of hydrogen-bond acceptors (Lipinski definition) is 2. The summed E-state index contributed by atoms with van der Waals surface area (Å²) >= 11 is 0. The van der Waals surface area contributed by atoms with Gasteiger partial charge in [-0.25, -0.2) is 4.39 Å². The van der Waals surface area contributed by atoms with Gasteiger partial charge in [0.2, 0.25) is 0 Å². The number of hydrogen-bond donors (Lipinski definition) is 1. The first kappa shape index (κ1) is 9.51. The second kappa shape index (κ2) is 3.89. The quantitative estimate of drug-likeness (QED) is 0.773. The Bertz CT molecular complexity index is 323. The van der Waals surface area contributed by atoms with Crippen LogP contribution in [-0.4, -0.2) is 18.2 Å². The Hall–Kier alpha value is -1.58. The van der Waals surface area contributed by atoms with Gasteiger partial charge in [-0.2, -0.15) is 0 Å². The number of carbonyl (C=O) groups is 1. The monoisotopic (exact) mass is 184 g/mol. The first-order valence-electron chi connectivity index (χ1n) is 3.68. The van der Waals surface area contributed by atoms with Crippen LogP contribution in [0.5, 0.6) is 5.75 Å². The van der Waals surface area contributed by atoms with E-state index in [4.69, 9.17) is 9.84 Å². The van der Waals surface area contributed by atoms with Gasteiger partial charge < -0.3 is 9.84 Å². The predicted octanol–water partition coefficient (Wildman–Crippen LogP) is 1.46. The van der Waals surface area contributed by atoms with Gasteiger partial charge in [0.1, 0.15) is 0 Å². The van der Waals surface area contributed by atoms with E-state index in [2.05, 4.69) is 0 Å². The van der Waals surface area contributed by atoms with Crippen molar-refractivity contribution in [3.63, 3.8) is 0 Å². The van der Waals surface area contributed by atoms with Crippen LogP contribution in [-0.2, 0) is 11.2 Å². The van der Waals surface area contributed by atoms with Crippen molar-refractivity contribution in [2.45, 2.75) is 6.42 Å². The molecule has 0 saturated carbocycles. The smallest absolute Gasteiger partial charge is 0.307 e. The number of halogens is 1. The van der Waals surface area contributed by atoms with Crippen LogP contribution >= 0.6 is 0 Å². The summed E-state index contributed by atoms with van der Waals surface area (Å²) in [6.07, 6.45) is -0.235. The number of methoxy groups -OCH3 is 1. The van der Waals surface area contributed by atoms with E-state index in [0.29, 0.717) is 5.56 Å². The minimum Gasteiger partial charge on any atom is -0.493 e. The molecule has 0 atom stereocenters. The molecule has 3 nitrogen and oxygen atoms in total. The van der Waals surface area contributed by atoms with Crippen LogP contribution in [0.4, 0.5) is 4.39 Å². The zero-order valence-corrected chi connectivity index (χ0v) is 7.08. The van der Waals surface area contributed by atoms with E-state index in [0.717, 1.165) is 0 Å². The highest BCUT2D eigenvalue weighted by molar-refractivity contribution is 5.71. The van der Waals surface area contributed by atoms with E-state index in [1.54, 1.807) is 0 Å². The van der Waals surface area contributed by atoms with E-state index < -0.39 is 11.8 Å². The average Bonchev–Trinajstić information content (AvgIpc) is 2.03. The molecular formula is C9H9FO3. The number of rotatable bonds is 3. The number of carboxylic acids is 1. The Labute approximate surface area is 74.8 Å². The summed E-state index contributed by atoms with van der Waals surface area (Å²) in [7, 11) is 1.31. The van der Waals surface area contributed by atoms with Gasteiger partial charge in [0.15, 0.2) is 11.6 Å². The van der Waals surface area contributed by atoms with Crippen molar-refractivity contribution in [2.75, 3.05) is 7.11 Å². The van der Waals surface area contributed by atoms with Crippen molar-refractivity contribution < 1.29 is 19.0 Å². The largest absolute Gasteiger partial charge is 0.493 e. The number of ether oxygens (including phenoxy) is 1. The van der Waals surface area contributed by atoms with Crippen molar-refractivity contribution >= 4 is 5.97 Å². The lowest BCUT2D eigenvalue weighted by Gasteiger charge is -2.06. The van der Waals surface area contributed by atoms with Crippen LogP contribution in [0.15, 0.2) is 18.2 Å². The fourth-order valence-corrected chi connectivity index (χ4v) is 1.08. The zero-order chi connectivity index (χ0) is 9.84. The molecule has 0 unspecified atom stereocenters. The molecule has 0 aliphatic carbocycles. The highest BCUT2D eigenvalue weighted by atomic mass is 19.1. The summed E-state index contributed by atoms with van der Waals surface area (Å²) in [6, 6.07) is 4.20. The summed E-state index contributed by atoms with van der Waals surface area (Å²) < 4.78 is 17.7. The van der Waals surface area contributed by atoms with E-state index in [9.17, 15) is 9.18 Å². The summed E-state index contributed by atoms with van der Waals surface area (Å²) in [5.74, 6) is -1.55. The molecule has 1 rings (SSSR count). The van der Waals surface area contributed by atoms with Gasteiger partial charge in [-0.1, -0.05) is 12.1 Å². The molecule has 0 aromatic heterocycles. The highest BCUT2D eigenvalue weighted by Gasteiger charge is 2.10. The Kier molecular flexibility index (Phi) is 2.84. The second-order valence-electron chi connectivity index (χ2n) is 2.50. The van der Waals surface area contributed by atoms with E-state index in [1.807, 2.05) is 0 Å². The Morgan fingerprint density at radius 3 is 2.85 bits per heavy atom. The highest BCUT2D eigenvalue weighted by Crippen LogP contribution is 2.22.